The molecular formula is C21H32IN5O. The number of furan rings is 1. The molecule has 0 spiro atoms. The number of pyridine rings is 1. The number of aromatic nitrogens is 1. The van der Waals surface area contributed by atoms with Crippen molar-refractivity contribution >= 4 is 29.9 Å². The third-order valence-corrected chi connectivity index (χ3v) is 5.04. The molecule has 2 aromatic heterocycles. The lowest BCUT2D eigenvalue weighted by Crippen LogP contribution is -2.39. The average Bonchev–Trinajstić information content (AvgIpc) is 3.38. The Kier molecular flexibility index (Phi) is 9.77. The van der Waals surface area contributed by atoms with E-state index in [-0.39, 0.29) is 30.0 Å². The van der Waals surface area contributed by atoms with Crippen LogP contribution in [0.5, 0.6) is 0 Å². The van der Waals surface area contributed by atoms with E-state index >= 15 is 0 Å². The van der Waals surface area contributed by atoms with Gasteiger partial charge in [-0.05, 0) is 75.5 Å². The van der Waals surface area contributed by atoms with Crippen molar-refractivity contribution in [3.8, 4) is 0 Å². The van der Waals surface area contributed by atoms with Crippen LogP contribution in [0, 0.1) is 6.92 Å². The maximum Gasteiger partial charge on any atom is 0.191 e. The van der Waals surface area contributed by atoms with Crippen LogP contribution in [0.15, 0.2) is 46.3 Å². The van der Waals surface area contributed by atoms with Gasteiger partial charge in [0, 0.05) is 25.5 Å². The molecule has 1 saturated heterocycles. The molecule has 28 heavy (non-hydrogen) atoms. The van der Waals surface area contributed by atoms with Crippen LogP contribution >= 0.6 is 24.0 Å². The minimum atomic E-state index is 0. The summed E-state index contributed by atoms with van der Waals surface area (Å²) in [7, 11) is 0. The summed E-state index contributed by atoms with van der Waals surface area (Å²) in [5.41, 5.74) is 2.55. The van der Waals surface area contributed by atoms with Gasteiger partial charge in [0.2, 0.25) is 0 Å². The van der Waals surface area contributed by atoms with E-state index in [0.29, 0.717) is 6.54 Å². The molecule has 2 aromatic rings. The molecule has 3 rings (SSSR count). The van der Waals surface area contributed by atoms with Gasteiger partial charge < -0.3 is 15.1 Å². The highest BCUT2D eigenvalue weighted by atomic mass is 127. The van der Waals surface area contributed by atoms with Gasteiger partial charge >= 0.3 is 0 Å². The van der Waals surface area contributed by atoms with E-state index < -0.39 is 0 Å². The number of rotatable bonds is 8. The predicted molar refractivity (Wildman–Crippen MR) is 124 cm³/mol. The molecule has 0 aliphatic carbocycles. The molecule has 0 aromatic carbocycles. The molecule has 3 heterocycles. The van der Waals surface area contributed by atoms with Gasteiger partial charge in [-0.1, -0.05) is 0 Å². The summed E-state index contributed by atoms with van der Waals surface area (Å²) in [6, 6.07) is 6.31. The third-order valence-electron chi connectivity index (χ3n) is 5.04. The summed E-state index contributed by atoms with van der Waals surface area (Å²) in [6.07, 6.45) is 8.98. The van der Waals surface area contributed by atoms with Crippen molar-refractivity contribution in [2.24, 2.45) is 4.99 Å². The van der Waals surface area contributed by atoms with E-state index in [1.54, 1.807) is 6.26 Å². The van der Waals surface area contributed by atoms with Crippen LogP contribution in [0.4, 0.5) is 0 Å². The van der Waals surface area contributed by atoms with E-state index in [4.69, 9.17) is 9.41 Å². The quantitative estimate of drug-likeness (QED) is 0.332. The number of aryl methyl sites for hydroxylation is 1. The highest BCUT2D eigenvalue weighted by molar-refractivity contribution is 14.0. The van der Waals surface area contributed by atoms with Gasteiger partial charge in [-0.25, -0.2) is 0 Å². The highest BCUT2D eigenvalue weighted by Crippen LogP contribution is 2.25. The molecule has 1 unspecified atom stereocenters. The topological polar surface area (TPSA) is 65.7 Å². The molecule has 1 aliphatic rings. The van der Waals surface area contributed by atoms with Crippen LogP contribution in [-0.2, 0) is 6.42 Å². The first-order chi connectivity index (χ1) is 13.3. The Hall–Kier alpha value is -1.61. The fraction of sp³-hybridized carbons (Fsp3) is 0.524. The number of aliphatic imine (C=N–C) groups is 1. The number of hydrogen-bond acceptors (Lipinski definition) is 4. The van der Waals surface area contributed by atoms with E-state index in [0.717, 1.165) is 44.3 Å². The van der Waals surface area contributed by atoms with Crippen molar-refractivity contribution in [1.29, 1.82) is 0 Å². The Balaban J connectivity index is 0.00000280. The second-order valence-electron chi connectivity index (χ2n) is 6.97. The first-order valence-corrected chi connectivity index (χ1v) is 9.97. The molecule has 6 nitrogen and oxygen atoms in total. The van der Waals surface area contributed by atoms with E-state index in [2.05, 4.69) is 46.5 Å². The summed E-state index contributed by atoms with van der Waals surface area (Å²) in [4.78, 5) is 11.5. The molecule has 0 radical (unpaired) electrons. The van der Waals surface area contributed by atoms with Gasteiger partial charge in [0.15, 0.2) is 5.96 Å². The number of hydrogen-bond donors (Lipinski definition) is 2. The van der Waals surface area contributed by atoms with E-state index in [1.807, 2.05) is 18.5 Å². The van der Waals surface area contributed by atoms with Gasteiger partial charge in [0.1, 0.15) is 5.76 Å². The minimum Gasteiger partial charge on any atom is -0.468 e. The van der Waals surface area contributed by atoms with Crippen LogP contribution < -0.4 is 10.6 Å². The Bertz CT molecular complexity index is 713. The molecule has 7 heteroatoms. The molecule has 2 N–H and O–H groups in total. The van der Waals surface area contributed by atoms with Gasteiger partial charge in [-0.15, -0.1) is 24.0 Å². The standard InChI is InChI=1S/C21H31N5O.HI/c1-3-23-21(24-11-9-18-8-10-22-15-17(18)2)25-16-19(20-7-6-14-27-20)26-12-4-5-13-26;/h6-8,10,14-15,19H,3-5,9,11-13,16H2,1-2H3,(H2,23,24,25);1H. The molecule has 1 aliphatic heterocycles. The number of likely N-dealkylation sites (tertiary alicyclic amines) is 1. The molecule has 154 valence electrons. The molecule has 0 bridgehead atoms. The van der Waals surface area contributed by atoms with Gasteiger partial charge in [0.05, 0.1) is 18.8 Å². The van der Waals surface area contributed by atoms with Crippen LogP contribution in [0.3, 0.4) is 0 Å². The minimum absolute atomic E-state index is 0. The number of halogens is 1. The van der Waals surface area contributed by atoms with Crippen molar-refractivity contribution < 1.29 is 4.42 Å². The summed E-state index contributed by atoms with van der Waals surface area (Å²) < 4.78 is 5.69. The zero-order valence-electron chi connectivity index (χ0n) is 16.9. The lowest BCUT2D eigenvalue weighted by Gasteiger charge is -2.24. The second-order valence-corrected chi connectivity index (χ2v) is 6.97. The first-order valence-electron chi connectivity index (χ1n) is 9.97. The zero-order chi connectivity index (χ0) is 18.9. The third kappa shape index (κ3) is 6.48. The maximum absolute atomic E-state index is 5.69. The van der Waals surface area contributed by atoms with Crippen LogP contribution in [0.1, 0.15) is 42.7 Å². The SMILES string of the molecule is CCNC(=NCC(c1ccco1)N1CCCC1)NCCc1ccncc1C.I. The van der Waals surface area contributed by atoms with Gasteiger partial charge in [-0.2, -0.15) is 0 Å². The molecular weight excluding hydrogens is 465 g/mol. The average molecular weight is 497 g/mol. The van der Waals surface area contributed by atoms with Crippen LogP contribution in [0.25, 0.3) is 0 Å². The second kappa shape index (κ2) is 12.1. The summed E-state index contributed by atoms with van der Waals surface area (Å²) >= 11 is 0. The Morgan fingerprint density at radius 2 is 2.11 bits per heavy atom. The van der Waals surface area contributed by atoms with E-state index in [9.17, 15) is 0 Å². The van der Waals surface area contributed by atoms with Crippen molar-refractivity contribution in [3.63, 3.8) is 0 Å². The lowest BCUT2D eigenvalue weighted by molar-refractivity contribution is 0.221. The van der Waals surface area contributed by atoms with Crippen molar-refractivity contribution in [2.75, 3.05) is 32.7 Å². The fourth-order valence-electron chi connectivity index (χ4n) is 3.54. The Morgan fingerprint density at radius 3 is 2.79 bits per heavy atom. The number of nitrogens with one attached hydrogen (secondary N) is 2. The zero-order valence-corrected chi connectivity index (χ0v) is 19.2. The monoisotopic (exact) mass is 497 g/mol. The number of guanidine groups is 1. The van der Waals surface area contributed by atoms with Gasteiger partial charge in [-0.3, -0.25) is 14.9 Å². The van der Waals surface area contributed by atoms with Crippen molar-refractivity contribution in [1.82, 2.24) is 20.5 Å². The lowest BCUT2D eigenvalue weighted by atomic mass is 10.1. The smallest absolute Gasteiger partial charge is 0.191 e. The fourth-order valence-corrected chi connectivity index (χ4v) is 3.54. The molecule has 1 fully saturated rings. The Morgan fingerprint density at radius 1 is 1.29 bits per heavy atom. The number of nitrogens with zero attached hydrogens (tertiary/aromatic N) is 3. The largest absolute Gasteiger partial charge is 0.468 e. The van der Waals surface area contributed by atoms with Crippen LogP contribution in [-0.4, -0.2) is 48.6 Å². The van der Waals surface area contributed by atoms with Crippen molar-refractivity contribution in [3.05, 3.63) is 53.7 Å². The molecule has 0 saturated carbocycles. The highest BCUT2D eigenvalue weighted by Gasteiger charge is 2.25. The molecule has 0 amide bonds. The predicted octanol–water partition coefficient (Wildman–Crippen LogP) is 3.54. The van der Waals surface area contributed by atoms with Crippen molar-refractivity contribution in [2.45, 2.75) is 39.2 Å². The summed E-state index contributed by atoms with van der Waals surface area (Å²) in [5, 5.41) is 6.81. The Labute approximate surface area is 185 Å². The van der Waals surface area contributed by atoms with E-state index in [1.165, 1.54) is 24.0 Å². The summed E-state index contributed by atoms with van der Waals surface area (Å²) in [6.45, 7) is 8.80. The van der Waals surface area contributed by atoms with Gasteiger partial charge in [0.25, 0.3) is 0 Å². The molecule has 1 atom stereocenters. The summed E-state index contributed by atoms with van der Waals surface area (Å²) in [5.74, 6) is 1.86. The maximum atomic E-state index is 5.69. The normalized spacial score (nSPS) is 15.9. The van der Waals surface area contributed by atoms with Crippen LogP contribution in [0.2, 0.25) is 0 Å². The first kappa shape index (κ1) is 22.7.